The lowest BCUT2D eigenvalue weighted by molar-refractivity contribution is 0.0612. The second-order valence-electron chi connectivity index (χ2n) is 4.95. The summed E-state index contributed by atoms with van der Waals surface area (Å²) in [6, 6.07) is 6.26. The predicted octanol–water partition coefficient (Wildman–Crippen LogP) is 3.21. The van der Waals surface area contributed by atoms with Gasteiger partial charge in [-0.25, -0.2) is 0 Å². The molecule has 1 aliphatic rings. The minimum atomic E-state index is 0.220. The number of nitrogens with zero attached hydrogens (tertiary/aromatic N) is 1. The van der Waals surface area contributed by atoms with E-state index >= 15 is 0 Å². The molecule has 5 heteroatoms. The normalized spacial score (nSPS) is 23.1. The van der Waals surface area contributed by atoms with Gasteiger partial charge in [-0.2, -0.15) is 0 Å². The molecule has 0 spiro atoms. The summed E-state index contributed by atoms with van der Waals surface area (Å²) in [5.74, 6) is 0. The molecule has 1 aromatic carbocycles. The lowest BCUT2D eigenvalue weighted by atomic mass is 10.0. The number of benzene rings is 1. The van der Waals surface area contributed by atoms with Gasteiger partial charge in [0.2, 0.25) is 0 Å². The molecule has 2 N–H and O–H groups in total. The fourth-order valence-electron chi connectivity index (χ4n) is 2.53. The molecule has 1 aromatic rings. The Morgan fingerprint density at radius 1 is 1.58 bits per heavy atom. The summed E-state index contributed by atoms with van der Waals surface area (Å²) in [6.45, 7) is 5.48. The lowest BCUT2D eigenvalue weighted by Crippen LogP contribution is -2.37. The van der Waals surface area contributed by atoms with Gasteiger partial charge in [0.15, 0.2) is 0 Å². The molecule has 1 fully saturated rings. The number of hydrogen-bond donors (Lipinski definition) is 1. The van der Waals surface area contributed by atoms with E-state index in [-0.39, 0.29) is 12.1 Å². The van der Waals surface area contributed by atoms with Crippen LogP contribution in [0.1, 0.15) is 24.9 Å². The molecule has 2 unspecified atom stereocenters. The minimum absolute atomic E-state index is 0.220. The average molecular weight is 348 g/mol. The van der Waals surface area contributed by atoms with Crippen LogP contribution >= 0.6 is 27.5 Å². The van der Waals surface area contributed by atoms with Crippen LogP contribution in [0.3, 0.4) is 0 Å². The molecule has 1 heterocycles. The zero-order chi connectivity index (χ0) is 13.8. The van der Waals surface area contributed by atoms with Crippen molar-refractivity contribution in [1.29, 1.82) is 0 Å². The number of rotatable bonds is 3. The third kappa shape index (κ3) is 3.92. The highest BCUT2D eigenvalue weighted by molar-refractivity contribution is 9.10. The summed E-state index contributed by atoms with van der Waals surface area (Å²) in [6.07, 6.45) is 1.31. The molecule has 0 aromatic heterocycles. The maximum absolute atomic E-state index is 6.05. The van der Waals surface area contributed by atoms with Crippen LogP contribution in [0.4, 0.5) is 0 Å². The van der Waals surface area contributed by atoms with E-state index in [0.29, 0.717) is 6.54 Å². The molecule has 0 bridgehead atoms. The molecular weight excluding hydrogens is 328 g/mol. The van der Waals surface area contributed by atoms with Crippen molar-refractivity contribution in [2.75, 3.05) is 26.2 Å². The van der Waals surface area contributed by atoms with Crippen molar-refractivity contribution in [1.82, 2.24) is 4.90 Å². The Balaban J connectivity index is 2.20. The third-order valence-electron chi connectivity index (χ3n) is 3.48. The van der Waals surface area contributed by atoms with Crippen molar-refractivity contribution in [2.45, 2.75) is 25.5 Å². The third-order valence-corrected chi connectivity index (χ3v) is 4.69. The van der Waals surface area contributed by atoms with E-state index in [1.807, 2.05) is 6.07 Å². The monoisotopic (exact) mass is 346 g/mol. The highest BCUT2D eigenvalue weighted by Gasteiger charge is 2.23. The topological polar surface area (TPSA) is 38.5 Å². The Kier molecular flexibility index (Phi) is 5.66. The first kappa shape index (κ1) is 15.3. The summed E-state index contributed by atoms with van der Waals surface area (Å²) >= 11 is 9.53. The first-order chi connectivity index (χ1) is 9.11. The largest absolute Gasteiger partial charge is 0.377 e. The van der Waals surface area contributed by atoms with Crippen LogP contribution in [-0.4, -0.2) is 37.2 Å². The van der Waals surface area contributed by atoms with Crippen LogP contribution in [0.15, 0.2) is 22.7 Å². The van der Waals surface area contributed by atoms with Crippen molar-refractivity contribution in [3.05, 3.63) is 33.3 Å². The number of nitrogens with two attached hydrogens (primary N) is 1. The standard InChI is InChI=1S/C14H20BrClN2O/c1-10-9-18(5-2-6-19-10)14(8-17)11-3-4-13(16)12(15)7-11/h3-4,7,10,14H,2,5-6,8-9,17H2,1H3. The van der Waals surface area contributed by atoms with Gasteiger partial charge in [-0.1, -0.05) is 17.7 Å². The Morgan fingerprint density at radius 3 is 3.05 bits per heavy atom. The van der Waals surface area contributed by atoms with Gasteiger partial charge >= 0.3 is 0 Å². The van der Waals surface area contributed by atoms with Gasteiger partial charge in [0, 0.05) is 36.8 Å². The van der Waals surface area contributed by atoms with Crippen LogP contribution < -0.4 is 5.73 Å². The van der Waals surface area contributed by atoms with Crippen LogP contribution in [-0.2, 0) is 4.74 Å². The molecule has 106 valence electrons. The summed E-state index contributed by atoms with van der Waals surface area (Å²) in [5.41, 5.74) is 7.19. The molecular formula is C14H20BrClN2O. The molecule has 1 saturated heterocycles. The molecule has 0 aliphatic carbocycles. The van der Waals surface area contributed by atoms with Gasteiger partial charge in [-0.05, 0) is 47.0 Å². The summed E-state index contributed by atoms with van der Waals surface area (Å²) in [7, 11) is 0. The molecule has 19 heavy (non-hydrogen) atoms. The Hall–Kier alpha value is -0.130. The molecule has 0 saturated carbocycles. The number of ether oxygens (including phenoxy) is 1. The highest BCUT2D eigenvalue weighted by Crippen LogP contribution is 2.29. The molecule has 0 amide bonds. The first-order valence-electron chi connectivity index (χ1n) is 6.62. The zero-order valence-corrected chi connectivity index (χ0v) is 13.5. The number of halogens is 2. The van der Waals surface area contributed by atoms with E-state index < -0.39 is 0 Å². The van der Waals surface area contributed by atoms with Gasteiger partial charge in [0.05, 0.1) is 11.1 Å². The SMILES string of the molecule is CC1CN(C(CN)c2ccc(Cl)c(Br)c2)CCCO1. The van der Waals surface area contributed by atoms with E-state index in [2.05, 4.69) is 39.9 Å². The molecule has 3 nitrogen and oxygen atoms in total. The maximum atomic E-state index is 6.05. The van der Waals surface area contributed by atoms with E-state index in [9.17, 15) is 0 Å². The van der Waals surface area contributed by atoms with Crippen molar-refractivity contribution in [3.63, 3.8) is 0 Å². The molecule has 2 atom stereocenters. The Morgan fingerprint density at radius 2 is 2.37 bits per heavy atom. The number of hydrogen-bond acceptors (Lipinski definition) is 3. The Labute approximate surface area is 128 Å². The van der Waals surface area contributed by atoms with Crippen LogP contribution in [0.25, 0.3) is 0 Å². The van der Waals surface area contributed by atoms with E-state index in [0.717, 1.165) is 35.6 Å². The fourth-order valence-corrected chi connectivity index (χ4v) is 3.04. The van der Waals surface area contributed by atoms with Gasteiger partial charge in [-0.15, -0.1) is 0 Å². The quantitative estimate of drug-likeness (QED) is 0.912. The average Bonchev–Trinajstić information content (AvgIpc) is 2.59. The highest BCUT2D eigenvalue weighted by atomic mass is 79.9. The maximum Gasteiger partial charge on any atom is 0.0674 e. The minimum Gasteiger partial charge on any atom is -0.377 e. The van der Waals surface area contributed by atoms with E-state index in [4.69, 9.17) is 22.1 Å². The summed E-state index contributed by atoms with van der Waals surface area (Å²) in [5, 5.41) is 0.729. The van der Waals surface area contributed by atoms with Crippen molar-refractivity contribution in [2.24, 2.45) is 5.73 Å². The van der Waals surface area contributed by atoms with Gasteiger partial charge in [0.1, 0.15) is 0 Å². The molecule has 0 radical (unpaired) electrons. The van der Waals surface area contributed by atoms with Crippen molar-refractivity contribution < 1.29 is 4.74 Å². The lowest BCUT2D eigenvalue weighted by Gasteiger charge is -2.31. The second-order valence-corrected chi connectivity index (χ2v) is 6.22. The van der Waals surface area contributed by atoms with Gasteiger partial charge in [-0.3, -0.25) is 4.90 Å². The van der Waals surface area contributed by atoms with Crippen LogP contribution in [0, 0.1) is 0 Å². The van der Waals surface area contributed by atoms with E-state index in [1.54, 1.807) is 0 Å². The fraction of sp³-hybridized carbons (Fsp3) is 0.571. The van der Waals surface area contributed by atoms with Gasteiger partial charge in [0.25, 0.3) is 0 Å². The Bertz CT molecular complexity index is 430. The molecule has 1 aliphatic heterocycles. The zero-order valence-electron chi connectivity index (χ0n) is 11.1. The van der Waals surface area contributed by atoms with Crippen molar-refractivity contribution in [3.8, 4) is 0 Å². The van der Waals surface area contributed by atoms with Crippen molar-refractivity contribution >= 4 is 27.5 Å². The van der Waals surface area contributed by atoms with E-state index in [1.165, 1.54) is 5.56 Å². The first-order valence-corrected chi connectivity index (χ1v) is 7.79. The van der Waals surface area contributed by atoms with Crippen LogP contribution in [0.5, 0.6) is 0 Å². The smallest absolute Gasteiger partial charge is 0.0674 e. The second kappa shape index (κ2) is 7.04. The molecule has 2 rings (SSSR count). The summed E-state index contributed by atoms with van der Waals surface area (Å²) in [4.78, 5) is 2.41. The van der Waals surface area contributed by atoms with Crippen LogP contribution in [0.2, 0.25) is 5.02 Å². The predicted molar refractivity (Wildman–Crippen MR) is 82.6 cm³/mol. The van der Waals surface area contributed by atoms with Gasteiger partial charge < -0.3 is 10.5 Å². The summed E-state index contributed by atoms with van der Waals surface area (Å²) < 4.78 is 6.61.